The van der Waals surface area contributed by atoms with Crippen LogP contribution < -0.4 is 0 Å². The van der Waals surface area contributed by atoms with E-state index in [0.29, 0.717) is 17.5 Å². The summed E-state index contributed by atoms with van der Waals surface area (Å²) in [7, 11) is 0. The van der Waals surface area contributed by atoms with Gasteiger partial charge in [0, 0.05) is 24.1 Å². The van der Waals surface area contributed by atoms with E-state index < -0.39 is 12.0 Å². The number of aromatic hydroxyl groups is 4. The zero-order valence-corrected chi connectivity index (χ0v) is 15.1. The Hall–Kier alpha value is -2.83. The van der Waals surface area contributed by atoms with Gasteiger partial charge in [0.2, 0.25) is 0 Å². The fourth-order valence-corrected chi connectivity index (χ4v) is 2.89. The van der Waals surface area contributed by atoms with Gasteiger partial charge in [0.1, 0.15) is 17.5 Å². The number of benzene rings is 1. The molecule has 0 bridgehead atoms. The van der Waals surface area contributed by atoms with Crippen LogP contribution in [0, 0.1) is 5.92 Å². The Labute approximate surface area is 152 Å². The van der Waals surface area contributed by atoms with Crippen molar-refractivity contribution in [3.05, 3.63) is 35.4 Å². The summed E-state index contributed by atoms with van der Waals surface area (Å²) in [6.45, 7) is 5.75. The monoisotopic (exact) mass is 363 g/mol. The van der Waals surface area contributed by atoms with Crippen LogP contribution in [0.1, 0.15) is 44.4 Å². The third kappa shape index (κ3) is 4.22. The number of hydrogen-bond donors (Lipinski definition) is 4. The molecular formula is C19H25NO6. The average Bonchev–Trinajstić information content (AvgIpc) is 2.82. The van der Waals surface area contributed by atoms with Crippen molar-refractivity contribution >= 4 is 5.97 Å². The molecule has 0 spiro atoms. The van der Waals surface area contributed by atoms with E-state index in [4.69, 9.17) is 4.74 Å². The quantitative estimate of drug-likeness (QED) is 0.563. The summed E-state index contributed by atoms with van der Waals surface area (Å²) in [5.74, 6) is -1.10. The van der Waals surface area contributed by atoms with Crippen molar-refractivity contribution in [3.63, 3.8) is 0 Å². The Morgan fingerprint density at radius 1 is 1.12 bits per heavy atom. The number of carbonyl (C=O) groups excluding carboxylic acids is 1. The first-order chi connectivity index (χ1) is 12.2. The summed E-state index contributed by atoms with van der Waals surface area (Å²) < 4.78 is 6.24. The van der Waals surface area contributed by atoms with Gasteiger partial charge in [-0.25, -0.2) is 4.79 Å². The van der Waals surface area contributed by atoms with Crippen LogP contribution >= 0.6 is 0 Å². The molecule has 142 valence electrons. The van der Waals surface area contributed by atoms with Gasteiger partial charge in [-0.1, -0.05) is 19.9 Å². The molecule has 2 aromatic rings. The molecule has 0 amide bonds. The summed E-state index contributed by atoms with van der Waals surface area (Å²) >= 11 is 0. The number of carbonyl (C=O) groups is 1. The first kappa shape index (κ1) is 19.5. The van der Waals surface area contributed by atoms with Crippen LogP contribution in [-0.2, 0) is 16.0 Å². The number of esters is 1. The topological polar surface area (TPSA) is 112 Å². The smallest absolute Gasteiger partial charge is 0.329 e. The molecule has 26 heavy (non-hydrogen) atoms. The van der Waals surface area contributed by atoms with Gasteiger partial charge in [0.25, 0.3) is 0 Å². The van der Waals surface area contributed by atoms with E-state index in [2.05, 4.69) is 0 Å². The molecule has 1 atom stereocenters. The van der Waals surface area contributed by atoms with Crippen molar-refractivity contribution in [1.82, 2.24) is 4.57 Å². The average molecular weight is 363 g/mol. The van der Waals surface area contributed by atoms with E-state index in [9.17, 15) is 25.2 Å². The Balaban J connectivity index is 2.39. The fourth-order valence-electron chi connectivity index (χ4n) is 2.89. The minimum atomic E-state index is -0.850. The summed E-state index contributed by atoms with van der Waals surface area (Å²) in [6, 6.07) is 4.65. The second kappa shape index (κ2) is 8.03. The standard InChI is InChI=1S/C19H25NO6/c1-4-26-19(25)15(7-11(2)3)20-17(23)9-13(18(20)24)8-12-5-6-14(21)10-16(12)22/h5-6,9-11,15,21-24H,4,7-8H2,1-3H3. The van der Waals surface area contributed by atoms with Gasteiger partial charge < -0.3 is 25.2 Å². The molecule has 0 saturated carbocycles. The Morgan fingerprint density at radius 3 is 2.38 bits per heavy atom. The van der Waals surface area contributed by atoms with Crippen LogP contribution in [-0.4, -0.2) is 37.6 Å². The van der Waals surface area contributed by atoms with Crippen LogP contribution in [0.4, 0.5) is 0 Å². The maximum absolute atomic E-state index is 12.3. The molecule has 1 aromatic carbocycles. The Morgan fingerprint density at radius 2 is 1.81 bits per heavy atom. The molecular weight excluding hydrogens is 338 g/mol. The lowest BCUT2D eigenvalue weighted by Gasteiger charge is -2.21. The third-order valence-corrected chi connectivity index (χ3v) is 4.08. The second-order valence-electron chi connectivity index (χ2n) is 6.61. The van der Waals surface area contributed by atoms with Crippen LogP contribution in [0.25, 0.3) is 0 Å². The summed E-state index contributed by atoms with van der Waals surface area (Å²) in [6.07, 6.45) is 0.508. The van der Waals surface area contributed by atoms with Gasteiger partial charge in [0.05, 0.1) is 6.61 Å². The van der Waals surface area contributed by atoms with Gasteiger partial charge in [-0.15, -0.1) is 0 Å². The molecule has 0 fully saturated rings. The highest BCUT2D eigenvalue weighted by Crippen LogP contribution is 2.37. The minimum absolute atomic E-state index is 0.0739. The van der Waals surface area contributed by atoms with Gasteiger partial charge in [-0.05, 0) is 30.9 Å². The molecule has 0 aliphatic rings. The lowest BCUT2D eigenvalue weighted by molar-refractivity contribution is -0.148. The highest BCUT2D eigenvalue weighted by Gasteiger charge is 2.29. The summed E-state index contributed by atoms with van der Waals surface area (Å²) in [5.41, 5.74) is 0.813. The number of rotatable bonds is 7. The van der Waals surface area contributed by atoms with Gasteiger partial charge in [-0.3, -0.25) is 4.57 Å². The van der Waals surface area contributed by atoms with Crippen molar-refractivity contribution in [2.24, 2.45) is 5.92 Å². The normalized spacial score (nSPS) is 12.3. The number of phenols is 2. The minimum Gasteiger partial charge on any atom is -0.508 e. The molecule has 0 aliphatic heterocycles. The van der Waals surface area contributed by atoms with Crippen molar-refractivity contribution in [2.75, 3.05) is 6.61 Å². The van der Waals surface area contributed by atoms with Crippen molar-refractivity contribution in [3.8, 4) is 23.3 Å². The molecule has 7 nitrogen and oxygen atoms in total. The molecule has 0 aliphatic carbocycles. The molecule has 1 heterocycles. The zero-order chi connectivity index (χ0) is 19.4. The number of nitrogens with zero attached hydrogens (tertiary/aromatic N) is 1. The van der Waals surface area contributed by atoms with E-state index >= 15 is 0 Å². The Bertz CT molecular complexity index is 781. The predicted octanol–water partition coefficient (Wildman–Crippen LogP) is 3.05. The molecule has 1 aromatic heterocycles. The molecule has 0 saturated heterocycles. The zero-order valence-electron chi connectivity index (χ0n) is 15.1. The van der Waals surface area contributed by atoms with E-state index in [1.165, 1.54) is 24.3 Å². The molecule has 4 N–H and O–H groups in total. The van der Waals surface area contributed by atoms with Gasteiger partial charge >= 0.3 is 5.97 Å². The van der Waals surface area contributed by atoms with Gasteiger partial charge in [-0.2, -0.15) is 0 Å². The number of phenolic OH excluding ortho intramolecular Hbond substituents is 2. The molecule has 0 radical (unpaired) electrons. The highest BCUT2D eigenvalue weighted by molar-refractivity contribution is 5.75. The Kier molecular flexibility index (Phi) is 6.02. The lowest BCUT2D eigenvalue weighted by Crippen LogP contribution is -2.23. The van der Waals surface area contributed by atoms with Gasteiger partial charge in [0.15, 0.2) is 11.8 Å². The maximum Gasteiger partial charge on any atom is 0.329 e. The van der Waals surface area contributed by atoms with Crippen molar-refractivity contribution in [1.29, 1.82) is 0 Å². The van der Waals surface area contributed by atoms with E-state index in [-0.39, 0.29) is 42.2 Å². The summed E-state index contributed by atoms with van der Waals surface area (Å²) in [4.78, 5) is 12.3. The number of ether oxygens (including phenoxy) is 1. The first-order valence-corrected chi connectivity index (χ1v) is 8.54. The lowest BCUT2D eigenvalue weighted by atomic mass is 10.0. The molecule has 1 unspecified atom stereocenters. The van der Waals surface area contributed by atoms with Crippen LogP contribution in [0.15, 0.2) is 24.3 Å². The fraction of sp³-hybridized carbons (Fsp3) is 0.421. The van der Waals surface area contributed by atoms with Crippen LogP contribution in [0.3, 0.4) is 0 Å². The number of aromatic nitrogens is 1. The molecule has 2 rings (SSSR count). The summed E-state index contributed by atoms with van der Waals surface area (Å²) in [5, 5.41) is 40.2. The van der Waals surface area contributed by atoms with Crippen molar-refractivity contribution in [2.45, 2.75) is 39.7 Å². The largest absolute Gasteiger partial charge is 0.508 e. The second-order valence-corrected chi connectivity index (χ2v) is 6.61. The third-order valence-electron chi connectivity index (χ3n) is 4.08. The number of hydrogen-bond acceptors (Lipinski definition) is 6. The predicted molar refractivity (Wildman–Crippen MR) is 95.5 cm³/mol. The van der Waals surface area contributed by atoms with E-state index in [1.54, 1.807) is 6.92 Å². The molecule has 7 heteroatoms. The van der Waals surface area contributed by atoms with Crippen LogP contribution in [0.2, 0.25) is 0 Å². The first-order valence-electron chi connectivity index (χ1n) is 8.54. The van der Waals surface area contributed by atoms with E-state index in [1.807, 2.05) is 13.8 Å². The van der Waals surface area contributed by atoms with E-state index in [0.717, 1.165) is 4.57 Å². The van der Waals surface area contributed by atoms with Crippen molar-refractivity contribution < 1.29 is 30.0 Å². The highest BCUT2D eigenvalue weighted by atomic mass is 16.5. The van der Waals surface area contributed by atoms with Crippen LogP contribution in [0.5, 0.6) is 23.3 Å². The maximum atomic E-state index is 12.3. The SMILES string of the molecule is CCOC(=O)C(CC(C)C)n1c(O)cc(Cc2ccc(O)cc2O)c1O.